The van der Waals surface area contributed by atoms with Crippen molar-refractivity contribution >= 4 is 31.9 Å². The monoisotopic (exact) mass is 256 g/mol. The fourth-order valence-electron chi connectivity index (χ4n) is 0.591. The van der Waals surface area contributed by atoms with Gasteiger partial charge in [0.2, 0.25) is 0 Å². The predicted octanol–water partition coefficient (Wildman–Crippen LogP) is 3.58. The van der Waals surface area contributed by atoms with Crippen molar-refractivity contribution < 1.29 is 0 Å². The van der Waals surface area contributed by atoms with Crippen LogP contribution in [0.4, 0.5) is 0 Å². The van der Waals surface area contributed by atoms with E-state index in [1.54, 1.807) is 0 Å². The van der Waals surface area contributed by atoms with Gasteiger partial charge in [-0.2, -0.15) is 0 Å². The van der Waals surface area contributed by atoms with Crippen molar-refractivity contribution in [2.75, 3.05) is 5.33 Å². The summed E-state index contributed by atoms with van der Waals surface area (Å²) in [5.74, 6) is 0.824. The maximum absolute atomic E-state index is 3.52. The zero-order valence-corrected chi connectivity index (χ0v) is 9.20. The molecule has 0 aliphatic heterocycles. The first-order valence-electron chi connectivity index (χ1n) is 3.36. The van der Waals surface area contributed by atoms with Crippen molar-refractivity contribution in [2.45, 2.75) is 31.5 Å². The fraction of sp³-hybridized carbons (Fsp3) is 1.00. The van der Waals surface area contributed by atoms with Gasteiger partial charge in [0.15, 0.2) is 0 Å². The maximum Gasteiger partial charge on any atom is 0.0117 e. The molecule has 2 heteroatoms. The van der Waals surface area contributed by atoms with Gasteiger partial charge in [0.1, 0.15) is 0 Å². The molecule has 0 aliphatic rings. The van der Waals surface area contributed by atoms with Crippen LogP contribution in [-0.2, 0) is 0 Å². The Balaban J connectivity index is 3.06. The van der Waals surface area contributed by atoms with Crippen molar-refractivity contribution in [3.05, 3.63) is 0 Å². The highest BCUT2D eigenvalue weighted by Gasteiger charge is 2.01. The van der Waals surface area contributed by atoms with Crippen LogP contribution in [0.2, 0.25) is 0 Å². The molecule has 0 amide bonds. The van der Waals surface area contributed by atoms with Gasteiger partial charge in [-0.15, -0.1) is 0 Å². The lowest BCUT2D eigenvalue weighted by molar-refractivity contribution is 0.568. The quantitative estimate of drug-likeness (QED) is 0.676. The van der Waals surface area contributed by atoms with Crippen LogP contribution < -0.4 is 0 Å². The molecule has 56 valence electrons. The summed E-state index contributed by atoms with van der Waals surface area (Å²) in [7, 11) is 0. The Morgan fingerprint density at radius 3 is 2.11 bits per heavy atom. The molecule has 0 rings (SSSR count). The molecule has 0 radical (unpaired) electrons. The number of alkyl halides is 2. The molecule has 9 heavy (non-hydrogen) atoms. The summed E-state index contributed by atoms with van der Waals surface area (Å²) >= 11 is 6.97. The molecule has 2 unspecified atom stereocenters. The molecule has 0 aromatic heterocycles. The molecule has 0 aliphatic carbocycles. The van der Waals surface area contributed by atoms with Crippen LogP contribution in [-0.4, -0.2) is 10.2 Å². The summed E-state index contributed by atoms with van der Waals surface area (Å²) in [6, 6.07) is 0. The molecule has 0 N–H and O–H groups in total. The van der Waals surface area contributed by atoms with Crippen LogP contribution in [0.3, 0.4) is 0 Å². The minimum atomic E-state index is 0.680. The number of hydrogen-bond acceptors (Lipinski definition) is 0. The van der Waals surface area contributed by atoms with E-state index in [0.29, 0.717) is 4.83 Å². The van der Waals surface area contributed by atoms with Crippen molar-refractivity contribution in [3.8, 4) is 0 Å². The summed E-state index contributed by atoms with van der Waals surface area (Å²) in [6.45, 7) is 4.46. The Bertz CT molecular complexity index is 61.9. The highest BCUT2D eigenvalue weighted by atomic mass is 79.9. The summed E-state index contributed by atoms with van der Waals surface area (Å²) in [4.78, 5) is 0.680. The Morgan fingerprint density at radius 2 is 1.78 bits per heavy atom. The zero-order valence-electron chi connectivity index (χ0n) is 6.03. The third kappa shape index (κ3) is 6.85. The molecule has 0 saturated heterocycles. The molecule has 2 atom stereocenters. The van der Waals surface area contributed by atoms with Crippen molar-refractivity contribution in [1.82, 2.24) is 0 Å². The van der Waals surface area contributed by atoms with E-state index in [1.807, 2.05) is 0 Å². The van der Waals surface area contributed by atoms with Gasteiger partial charge < -0.3 is 0 Å². The van der Waals surface area contributed by atoms with E-state index in [0.717, 1.165) is 11.2 Å². The lowest BCUT2D eigenvalue weighted by atomic mass is 10.1. The second kappa shape index (κ2) is 5.72. The summed E-state index contributed by atoms with van der Waals surface area (Å²) in [6.07, 6.45) is 2.60. The van der Waals surface area contributed by atoms with Crippen LogP contribution >= 0.6 is 31.9 Å². The minimum absolute atomic E-state index is 0.680. The molecule has 0 saturated carbocycles. The molecular weight excluding hydrogens is 244 g/mol. The minimum Gasteiger partial charge on any atom is -0.0925 e. The summed E-state index contributed by atoms with van der Waals surface area (Å²) in [5.41, 5.74) is 0. The standard InChI is InChI=1S/C7H14Br2/c1-6(5-8)3-4-7(2)9/h6-7H,3-5H2,1-2H3. The lowest BCUT2D eigenvalue weighted by Crippen LogP contribution is -1.99. The van der Waals surface area contributed by atoms with Gasteiger partial charge in [-0.25, -0.2) is 0 Å². The number of rotatable bonds is 4. The number of hydrogen-bond donors (Lipinski definition) is 0. The van der Waals surface area contributed by atoms with Crippen molar-refractivity contribution in [3.63, 3.8) is 0 Å². The fourth-order valence-corrected chi connectivity index (χ4v) is 1.18. The third-order valence-corrected chi connectivity index (χ3v) is 2.88. The first kappa shape index (κ1) is 9.96. The SMILES string of the molecule is CC(Br)CCC(C)CBr. The average molecular weight is 258 g/mol. The van der Waals surface area contributed by atoms with Crippen molar-refractivity contribution in [2.24, 2.45) is 5.92 Å². The van der Waals surface area contributed by atoms with Gasteiger partial charge in [-0.05, 0) is 18.8 Å². The molecule has 0 aromatic rings. The third-order valence-electron chi connectivity index (χ3n) is 1.32. The Morgan fingerprint density at radius 1 is 1.22 bits per heavy atom. The van der Waals surface area contributed by atoms with E-state index in [2.05, 4.69) is 45.7 Å². The molecule has 0 nitrogen and oxygen atoms in total. The van der Waals surface area contributed by atoms with E-state index in [9.17, 15) is 0 Å². The molecule has 0 aromatic carbocycles. The van der Waals surface area contributed by atoms with Gasteiger partial charge in [0.05, 0.1) is 0 Å². The second-order valence-electron chi connectivity index (χ2n) is 2.62. The van der Waals surface area contributed by atoms with E-state index in [-0.39, 0.29) is 0 Å². The first-order chi connectivity index (χ1) is 4.16. The lowest BCUT2D eigenvalue weighted by Gasteiger charge is -2.07. The molecule has 0 spiro atoms. The van der Waals surface area contributed by atoms with E-state index in [4.69, 9.17) is 0 Å². The van der Waals surface area contributed by atoms with Crippen LogP contribution in [0.5, 0.6) is 0 Å². The highest BCUT2D eigenvalue weighted by Crippen LogP contribution is 2.13. The Hall–Kier alpha value is 0.960. The van der Waals surface area contributed by atoms with E-state index < -0.39 is 0 Å². The van der Waals surface area contributed by atoms with Crippen molar-refractivity contribution in [1.29, 1.82) is 0 Å². The van der Waals surface area contributed by atoms with Crippen LogP contribution in [0.25, 0.3) is 0 Å². The molecule has 0 fully saturated rings. The number of halogens is 2. The smallest absolute Gasteiger partial charge is 0.0117 e. The predicted molar refractivity (Wildman–Crippen MR) is 50.6 cm³/mol. The molecule has 0 heterocycles. The summed E-state index contributed by atoms with van der Waals surface area (Å²) in [5, 5.41) is 1.13. The van der Waals surface area contributed by atoms with Crippen LogP contribution in [0.15, 0.2) is 0 Å². The topological polar surface area (TPSA) is 0 Å². The van der Waals surface area contributed by atoms with Gasteiger partial charge in [-0.3, -0.25) is 0 Å². The van der Waals surface area contributed by atoms with Gasteiger partial charge in [-0.1, -0.05) is 45.7 Å². The second-order valence-corrected chi connectivity index (χ2v) is 4.83. The van der Waals surface area contributed by atoms with Gasteiger partial charge in [0.25, 0.3) is 0 Å². The normalized spacial score (nSPS) is 17.3. The van der Waals surface area contributed by atoms with Crippen LogP contribution in [0.1, 0.15) is 26.7 Å². The Labute approximate surface area is 74.7 Å². The van der Waals surface area contributed by atoms with Gasteiger partial charge in [0, 0.05) is 10.2 Å². The first-order valence-corrected chi connectivity index (χ1v) is 5.40. The zero-order chi connectivity index (χ0) is 7.28. The van der Waals surface area contributed by atoms with E-state index in [1.165, 1.54) is 12.8 Å². The van der Waals surface area contributed by atoms with Crippen LogP contribution in [0, 0.1) is 5.92 Å². The maximum atomic E-state index is 3.52. The van der Waals surface area contributed by atoms with Gasteiger partial charge >= 0.3 is 0 Å². The Kier molecular flexibility index (Phi) is 6.33. The molecule has 0 bridgehead atoms. The average Bonchev–Trinajstić information content (AvgIpc) is 1.83. The largest absolute Gasteiger partial charge is 0.0925 e. The van der Waals surface area contributed by atoms with E-state index >= 15 is 0 Å². The summed E-state index contributed by atoms with van der Waals surface area (Å²) < 4.78 is 0. The molecular formula is C7H14Br2. The highest BCUT2D eigenvalue weighted by molar-refractivity contribution is 9.09.